The Hall–Kier alpha value is -0.650. The Morgan fingerprint density at radius 1 is 0.742 bits per heavy atom. The minimum absolute atomic E-state index is 0.124. The van der Waals surface area contributed by atoms with Crippen molar-refractivity contribution >= 4 is 5.97 Å². The van der Waals surface area contributed by atoms with Crippen molar-refractivity contribution in [3.8, 4) is 0 Å². The van der Waals surface area contributed by atoms with Gasteiger partial charge in [-0.3, -0.25) is 4.79 Å². The lowest BCUT2D eigenvalue weighted by Crippen LogP contribution is -2.48. The molecule has 0 spiro atoms. The van der Waals surface area contributed by atoms with Crippen molar-refractivity contribution in [3.05, 3.63) is 0 Å². The Morgan fingerprint density at radius 3 is 1.87 bits per heavy atom. The fourth-order valence-electron chi connectivity index (χ4n) is 3.84. The van der Waals surface area contributed by atoms with Crippen LogP contribution >= 0.6 is 0 Å². The van der Waals surface area contributed by atoms with Gasteiger partial charge in [-0.05, 0) is 12.8 Å². The van der Waals surface area contributed by atoms with E-state index in [0.717, 1.165) is 50.0 Å². The van der Waals surface area contributed by atoms with Gasteiger partial charge in [-0.15, -0.1) is 0 Å². The number of nitrogens with zero attached hydrogens (tertiary/aromatic N) is 1. The van der Waals surface area contributed by atoms with Gasteiger partial charge in [0.1, 0.15) is 12.6 Å². The van der Waals surface area contributed by atoms with E-state index in [2.05, 4.69) is 27.9 Å². The third-order valence-corrected chi connectivity index (χ3v) is 5.71. The summed E-state index contributed by atoms with van der Waals surface area (Å²) in [7, 11) is 4.45. The molecule has 1 atom stereocenters. The molecule has 0 N–H and O–H groups in total. The predicted octanol–water partition coefficient (Wildman–Crippen LogP) is 6.14. The van der Waals surface area contributed by atoms with Gasteiger partial charge < -0.3 is 18.7 Å². The highest BCUT2D eigenvalue weighted by Gasteiger charge is 2.23. The number of rotatable bonds is 23. The Bertz CT molecular complexity index is 401. The molecule has 0 aliphatic heterocycles. The molecule has 0 rings (SSSR count). The Kier molecular flexibility index (Phi) is 20.8. The number of carbonyl (C=O) groups is 1. The van der Waals surface area contributed by atoms with Crippen molar-refractivity contribution in [1.82, 2.24) is 0 Å². The molecule has 0 radical (unpaired) electrons. The number of hydrogen-bond donors (Lipinski definition) is 0. The smallest absolute Gasteiger partial charge is 0.302 e. The summed E-state index contributed by atoms with van der Waals surface area (Å²) >= 11 is 0. The van der Waals surface area contributed by atoms with Crippen LogP contribution < -0.4 is 0 Å². The maximum absolute atomic E-state index is 11.0. The monoisotopic (exact) mass is 444 g/mol. The summed E-state index contributed by atoms with van der Waals surface area (Å²) in [6.45, 7) is 10.7. The molecule has 186 valence electrons. The van der Waals surface area contributed by atoms with Gasteiger partial charge in [0.15, 0.2) is 0 Å². The lowest BCUT2D eigenvalue weighted by atomic mass is 10.1. The van der Waals surface area contributed by atoms with E-state index in [-0.39, 0.29) is 12.1 Å². The van der Waals surface area contributed by atoms with Crippen LogP contribution in [-0.2, 0) is 19.0 Å². The SMILES string of the molecule is CCCCCCCCOCC(C[N+](C)(C)CCCOC(C)=O)OCCCCCCCC. The van der Waals surface area contributed by atoms with Gasteiger partial charge in [-0.1, -0.05) is 78.1 Å². The van der Waals surface area contributed by atoms with Crippen LogP contribution in [0.5, 0.6) is 0 Å². The quantitative estimate of drug-likeness (QED) is 0.108. The van der Waals surface area contributed by atoms with Crippen LogP contribution in [-0.4, -0.2) is 70.2 Å². The molecule has 0 aromatic heterocycles. The van der Waals surface area contributed by atoms with E-state index >= 15 is 0 Å². The van der Waals surface area contributed by atoms with E-state index < -0.39 is 0 Å². The molecule has 31 heavy (non-hydrogen) atoms. The topological polar surface area (TPSA) is 44.8 Å². The predicted molar refractivity (Wildman–Crippen MR) is 130 cm³/mol. The molecule has 5 nitrogen and oxygen atoms in total. The highest BCUT2D eigenvalue weighted by Crippen LogP contribution is 2.10. The molecule has 0 heterocycles. The number of likely N-dealkylation sites (N-methyl/N-ethyl adjacent to an activating group) is 1. The fourth-order valence-corrected chi connectivity index (χ4v) is 3.84. The first-order valence-electron chi connectivity index (χ1n) is 13.1. The molecular weight excluding hydrogens is 390 g/mol. The Balaban J connectivity index is 4.23. The number of unbranched alkanes of at least 4 members (excludes halogenated alkanes) is 10. The Morgan fingerprint density at radius 2 is 1.29 bits per heavy atom. The summed E-state index contributed by atoms with van der Waals surface area (Å²) in [6, 6.07) is 0. The molecule has 5 heteroatoms. The molecule has 0 saturated heterocycles. The van der Waals surface area contributed by atoms with Gasteiger partial charge in [0.05, 0.1) is 33.9 Å². The minimum Gasteiger partial charge on any atom is -0.466 e. The van der Waals surface area contributed by atoms with Crippen LogP contribution in [0.1, 0.15) is 104 Å². The molecular formula is C26H54NO4+. The van der Waals surface area contributed by atoms with Crippen LogP contribution in [0.2, 0.25) is 0 Å². The third kappa shape index (κ3) is 22.3. The molecule has 0 aromatic rings. The van der Waals surface area contributed by atoms with E-state index in [1.807, 2.05) is 0 Å². The summed E-state index contributed by atoms with van der Waals surface area (Å²) in [5.41, 5.74) is 0. The fraction of sp³-hybridized carbons (Fsp3) is 0.962. The molecule has 0 bridgehead atoms. The highest BCUT2D eigenvalue weighted by atomic mass is 16.5. The van der Waals surface area contributed by atoms with Crippen LogP contribution in [0.3, 0.4) is 0 Å². The van der Waals surface area contributed by atoms with Gasteiger partial charge in [0.25, 0.3) is 0 Å². The average molecular weight is 445 g/mol. The second-order valence-electron chi connectivity index (χ2n) is 9.64. The molecule has 0 aromatic carbocycles. The van der Waals surface area contributed by atoms with Crippen molar-refractivity contribution in [2.75, 3.05) is 53.6 Å². The summed E-state index contributed by atoms with van der Waals surface area (Å²) in [6.07, 6.45) is 16.4. The van der Waals surface area contributed by atoms with E-state index in [0.29, 0.717) is 13.2 Å². The zero-order chi connectivity index (χ0) is 23.2. The zero-order valence-corrected chi connectivity index (χ0v) is 21.6. The third-order valence-electron chi connectivity index (χ3n) is 5.71. The standard InChI is InChI=1S/C26H54NO4/c1-6-8-10-12-14-16-20-29-24-26(31-21-17-15-13-11-9-7-2)23-27(4,5)19-18-22-30-25(3)28/h26H,6-24H2,1-5H3/q+1. The molecule has 0 saturated carbocycles. The summed E-state index contributed by atoms with van der Waals surface area (Å²) in [4.78, 5) is 11.0. The van der Waals surface area contributed by atoms with E-state index in [1.165, 1.54) is 71.1 Å². The molecule has 0 fully saturated rings. The average Bonchev–Trinajstić information content (AvgIpc) is 2.72. The summed E-state index contributed by atoms with van der Waals surface area (Å²) in [5, 5.41) is 0. The van der Waals surface area contributed by atoms with Gasteiger partial charge >= 0.3 is 5.97 Å². The summed E-state index contributed by atoms with van der Waals surface area (Å²) in [5.74, 6) is -0.200. The molecule has 0 amide bonds. The first-order valence-corrected chi connectivity index (χ1v) is 13.1. The second kappa shape index (κ2) is 21.2. The normalized spacial score (nSPS) is 12.8. The van der Waals surface area contributed by atoms with Gasteiger partial charge in [0, 0.05) is 26.6 Å². The number of hydrogen-bond acceptors (Lipinski definition) is 4. The maximum Gasteiger partial charge on any atom is 0.302 e. The zero-order valence-electron chi connectivity index (χ0n) is 21.6. The van der Waals surface area contributed by atoms with Crippen molar-refractivity contribution in [2.24, 2.45) is 0 Å². The van der Waals surface area contributed by atoms with Gasteiger partial charge in [-0.2, -0.15) is 0 Å². The van der Waals surface area contributed by atoms with Crippen LogP contribution in [0.25, 0.3) is 0 Å². The lowest BCUT2D eigenvalue weighted by Gasteiger charge is -2.33. The van der Waals surface area contributed by atoms with Crippen LogP contribution in [0, 0.1) is 0 Å². The van der Waals surface area contributed by atoms with Gasteiger partial charge in [-0.25, -0.2) is 0 Å². The first kappa shape index (κ1) is 30.4. The largest absolute Gasteiger partial charge is 0.466 e. The maximum atomic E-state index is 11.0. The number of carbonyl (C=O) groups excluding carboxylic acids is 1. The first-order chi connectivity index (χ1) is 14.9. The van der Waals surface area contributed by atoms with E-state index in [1.54, 1.807) is 0 Å². The lowest BCUT2D eigenvalue weighted by molar-refractivity contribution is -0.893. The molecule has 0 aliphatic carbocycles. The number of ether oxygens (including phenoxy) is 3. The minimum atomic E-state index is -0.200. The van der Waals surface area contributed by atoms with E-state index in [4.69, 9.17) is 14.2 Å². The highest BCUT2D eigenvalue weighted by molar-refractivity contribution is 5.65. The number of quaternary nitrogens is 1. The molecule has 1 unspecified atom stereocenters. The Labute approximate surface area is 193 Å². The van der Waals surface area contributed by atoms with Gasteiger partial charge in [0.2, 0.25) is 0 Å². The van der Waals surface area contributed by atoms with Crippen LogP contribution in [0.15, 0.2) is 0 Å². The van der Waals surface area contributed by atoms with Crippen molar-refractivity contribution < 1.29 is 23.5 Å². The second-order valence-corrected chi connectivity index (χ2v) is 9.64. The van der Waals surface area contributed by atoms with Crippen molar-refractivity contribution in [1.29, 1.82) is 0 Å². The van der Waals surface area contributed by atoms with Crippen molar-refractivity contribution in [3.63, 3.8) is 0 Å². The van der Waals surface area contributed by atoms with E-state index in [9.17, 15) is 4.79 Å². The van der Waals surface area contributed by atoms with Crippen molar-refractivity contribution in [2.45, 2.75) is 110 Å². The van der Waals surface area contributed by atoms with Crippen LogP contribution in [0.4, 0.5) is 0 Å². The summed E-state index contributed by atoms with van der Waals surface area (Å²) < 4.78 is 18.2. The number of esters is 1. The molecule has 0 aliphatic rings.